The molecule has 0 aromatic carbocycles. The number of aliphatic imine (C=N–C) groups is 1. The molecule has 2 heteroatoms. The second-order valence-corrected chi connectivity index (χ2v) is 4.10. The molecule has 0 radical (unpaired) electrons. The molecule has 2 atom stereocenters. The Morgan fingerprint density at radius 2 is 2.15 bits per heavy atom. The van der Waals surface area contributed by atoms with Gasteiger partial charge in [-0.3, -0.25) is 4.99 Å². The Kier molecular flexibility index (Phi) is 4.26. The summed E-state index contributed by atoms with van der Waals surface area (Å²) in [4.78, 5) is 4.49. The molecule has 1 N–H and O–H groups in total. The molecule has 0 amide bonds. The Hall–Kier alpha value is -0.530. The lowest BCUT2D eigenvalue weighted by Crippen LogP contribution is -2.37. The molecule has 0 aromatic rings. The van der Waals surface area contributed by atoms with Crippen molar-refractivity contribution in [3.8, 4) is 0 Å². The van der Waals surface area contributed by atoms with Crippen LogP contribution in [0.5, 0.6) is 0 Å². The van der Waals surface area contributed by atoms with Crippen molar-refractivity contribution in [1.82, 2.24) is 5.32 Å². The van der Waals surface area contributed by atoms with E-state index in [0.717, 1.165) is 18.9 Å². The summed E-state index contributed by atoms with van der Waals surface area (Å²) in [6.45, 7) is 7.81. The van der Waals surface area contributed by atoms with Crippen LogP contribution in [0.4, 0.5) is 0 Å². The van der Waals surface area contributed by atoms with Crippen LogP contribution in [0.3, 0.4) is 0 Å². The smallest absolute Gasteiger partial charge is 0.0965 e. The second-order valence-electron chi connectivity index (χ2n) is 4.10. The van der Waals surface area contributed by atoms with Crippen LogP contribution in [0.25, 0.3) is 0 Å². The van der Waals surface area contributed by atoms with Gasteiger partial charge >= 0.3 is 0 Å². The largest absolute Gasteiger partial charge is 0.371 e. The van der Waals surface area contributed by atoms with Crippen molar-refractivity contribution in [3.63, 3.8) is 0 Å². The SMILES string of the molecule is CCC(C)C(C)NC1=NCCCC1. The Balaban J connectivity index is 2.34. The lowest BCUT2D eigenvalue weighted by atomic mass is 10.0. The van der Waals surface area contributed by atoms with Gasteiger partial charge < -0.3 is 5.32 Å². The van der Waals surface area contributed by atoms with E-state index in [2.05, 4.69) is 31.1 Å². The monoisotopic (exact) mass is 182 g/mol. The van der Waals surface area contributed by atoms with Gasteiger partial charge in [-0.1, -0.05) is 20.3 Å². The predicted molar refractivity (Wildman–Crippen MR) is 58.2 cm³/mol. The zero-order chi connectivity index (χ0) is 9.68. The van der Waals surface area contributed by atoms with E-state index in [1.54, 1.807) is 0 Å². The molecule has 0 bridgehead atoms. The molecule has 0 fully saturated rings. The van der Waals surface area contributed by atoms with Crippen molar-refractivity contribution in [1.29, 1.82) is 0 Å². The molecule has 0 aromatic heterocycles. The average molecular weight is 182 g/mol. The molecule has 1 aliphatic heterocycles. The molecule has 1 heterocycles. The Labute approximate surface area is 81.8 Å². The molecule has 0 spiro atoms. The number of amidine groups is 1. The highest BCUT2D eigenvalue weighted by Gasteiger charge is 2.12. The second kappa shape index (κ2) is 5.25. The molecule has 76 valence electrons. The normalized spacial score (nSPS) is 21.9. The number of hydrogen-bond donors (Lipinski definition) is 1. The van der Waals surface area contributed by atoms with Gasteiger partial charge in [0.2, 0.25) is 0 Å². The first-order chi connectivity index (χ1) is 6.24. The highest BCUT2D eigenvalue weighted by molar-refractivity contribution is 5.82. The van der Waals surface area contributed by atoms with E-state index >= 15 is 0 Å². The zero-order valence-corrected chi connectivity index (χ0v) is 9.14. The molecule has 0 saturated heterocycles. The first-order valence-corrected chi connectivity index (χ1v) is 5.54. The summed E-state index contributed by atoms with van der Waals surface area (Å²) < 4.78 is 0. The summed E-state index contributed by atoms with van der Waals surface area (Å²) in [6.07, 6.45) is 4.96. The average Bonchev–Trinajstić information content (AvgIpc) is 2.18. The number of hydrogen-bond acceptors (Lipinski definition) is 2. The van der Waals surface area contributed by atoms with E-state index in [1.165, 1.54) is 25.1 Å². The van der Waals surface area contributed by atoms with Gasteiger partial charge in [0.25, 0.3) is 0 Å². The number of rotatable bonds is 3. The summed E-state index contributed by atoms with van der Waals surface area (Å²) in [6, 6.07) is 0.571. The van der Waals surface area contributed by atoms with Crippen LogP contribution in [0, 0.1) is 5.92 Å². The first kappa shape index (κ1) is 10.6. The van der Waals surface area contributed by atoms with Gasteiger partial charge in [0.05, 0.1) is 5.84 Å². The third-order valence-corrected chi connectivity index (χ3v) is 3.02. The minimum atomic E-state index is 0.571. The van der Waals surface area contributed by atoms with Crippen molar-refractivity contribution >= 4 is 5.84 Å². The van der Waals surface area contributed by atoms with Gasteiger partial charge in [0.15, 0.2) is 0 Å². The van der Waals surface area contributed by atoms with E-state index in [-0.39, 0.29) is 0 Å². The predicted octanol–water partition coefficient (Wildman–Crippen LogP) is 2.59. The highest BCUT2D eigenvalue weighted by Crippen LogP contribution is 2.09. The van der Waals surface area contributed by atoms with Crippen molar-refractivity contribution in [2.45, 2.75) is 52.5 Å². The van der Waals surface area contributed by atoms with Crippen LogP contribution in [0.1, 0.15) is 46.5 Å². The maximum absolute atomic E-state index is 4.49. The minimum absolute atomic E-state index is 0.571. The van der Waals surface area contributed by atoms with Crippen LogP contribution >= 0.6 is 0 Å². The third kappa shape index (κ3) is 3.37. The van der Waals surface area contributed by atoms with Crippen molar-refractivity contribution in [2.24, 2.45) is 10.9 Å². The molecular weight excluding hydrogens is 160 g/mol. The summed E-state index contributed by atoms with van der Waals surface area (Å²) in [5.74, 6) is 1.98. The van der Waals surface area contributed by atoms with E-state index in [1.807, 2.05) is 0 Å². The fraction of sp³-hybridized carbons (Fsp3) is 0.909. The Bertz CT molecular complexity index is 175. The Morgan fingerprint density at radius 1 is 1.38 bits per heavy atom. The van der Waals surface area contributed by atoms with Crippen LogP contribution < -0.4 is 5.32 Å². The molecule has 2 nitrogen and oxygen atoms in total. The van der Waals surface area contributed by atoms with Gasteiger partial charge in [-0.15, -0.1) is 0 Å². The van der Waals surface area contributed by atoms with Gasteiger partial charge in [-0.2, -0.15) is 0 Å². The van der Waals surface area contributed by atoms with Crippen LogP contribution in [0.2, 0.25) is 0 Å². The molecule has 1 aliphatic rings. The van der Waals surface area contributed by atoms with E-state index in [9.17, 15) is 0 Å². The van der Waals surface area contributed by atoms with E-state index < -0.39 is 0 Å². The highest BCUT2D eigenvalue weighted by atomic mass is 15.0. The lowest BCUT2D eigenvalue weighted by molar-refractivity contribution is 0.432. The van der Waals surface area contributed by atoms with Gasteiger partial charge in [0.1, 0.15) is 0 Å². The topological polar surface area (TPSA) is 24.4 Å². The molecule has 1 rings (SSSR count). The zero-order valence-electron chi connectivity index (χ0n) is 9.14. The quantitative estimate of drug-likeness (QED) is 0.713. The maximum atomic E-state index is 4.49. The van der Waals surface area contributed by atoms with Crippen molar-refractivity contribution in [2.75, 3.05) is 6.54 Å². The minimum Gasteiger partial charge on any atom is -0.371 e. The van der Waals surface area contributed by atoms with Crippen molar-refractivity contribution in [3.05, 3.63) is 0 Å². The van der Waals surface area contributed by atoms with Crippen LogP contribution in [0.15, 0.2) is 4.99 Å². The summed E-state index contributed by atoms with van der Waals surface area (Å²) in [7, 11) is 0. The fourth-order valence-electron chi connectivity index (χ4n) is 1.57. The standard InChI is InChI=1S/C11H22N2/c1-4-9(2)10(3)13-11-7-5-6-8-12-11/h9-10H,4-8H2,1-3H3,(H,12,13). The fourth-order valence-corrected chi connectivity index (χ4v) is 1.57. The lowest BCUT2D eigenvalue weighted by Gasteiger charge is -2.23. The molecular formula is C11H22N2. The number of nitrogens with zero attached hydrogens (tertiary/aromatic N) is 1. The van der Waals surface area contributed by atoms with E-state index in [0.29, 0.717) is 6.04 Å². The van der Waals surface area contributed by atoms with Crippen LogP contribution in [-0.4, -0.2) is 18.4 Å². The van der Waals surface area contributed by atoms with Crippen molar-refractivity contribution < 1.29 is 0 Å². The van der Waals surface area contributed by atoms with Gasteiger partial charge in [-0.25, -0.2) is 0 Å². The third-order valence-electron chi connectivity index (χ3n) is 3.02. The summed E-state index contributed by atoms with van der Waals surface area (Å²) >= 11 is 0. The van der Waals surface area contributed by atoms with Gasteiger partial charge in [0, 0.05) is 19.0 Å². The van der Waals surface area contributed by atoms with Crippen LogP contribution in [-0.2, 0) is 0 Å². The molecule has 0 saturated carbocycles. The maximum Gasteiger partial charge on any atom is 0.0965 e. The molecule has 13 heavy (non-hydrogen) atoms. The molecule has 2 unspecified atom stereocenters. The number of nitrogens with one attached hydrogen (secondary N) is 1. The Morgan fingerprint density at radius 3 is 2.69 bits per heavy atom. The summed E-state index contributed by atoms with van der Waals surface area (Å²) in [5, 5.41) is 3.52. The van der Waals surface area contributed by atoms with Gasteiger partial charge in [-0.05, 0) is 25.7 Å². The van der Waals surface area contributed by atoms with E-state index in [4.69, 9.17) is 0 Å². The molecule has 0 aliphatic carbocycles. The first-order valence-electron chi connectivity index (χ1n) is 5.54. The summed E-state index contributed by atoms with van der Waals surface area (Å²) in [5.41, 5.74) is 0.